The molecule has 6 heteroatoms. The predicted octanol–water partition coefficient (Wildman–Crippen LogP) is 4.51. The van der Waals surface area contributed by atoms with Crippen molar-refractivity contribution in [2.45, 2.75) is 20.3 Å². The molecule has 2 aromatic heterocycles. The summed E-state index contributed by atoms with van der Waals surface area (Å²) in [6.45, 7) is 3.49. The van der Waals surface area contributed by atoms with Gasteiger partial charge in [-0.15, -0.1) is 0 Å². The summed E-state index contributed by atoms with van der Waals surface area (Å²) in [6, 6.07) is 16.3. The average Bonchev–Trinajstić information content (AvgIpc) is 3.26. The van der Waals surface area contributed by atoms with Crippen LogP contribution < -0.4 is 0 Å². The molecule has 0 radical (unpaired) electrons. The first-order chi connectivity index (χ1) is 14.4. The van der Waals surface area contributed by atoms with Crippen molar-refractivity contribution in [2.24, 2.45) is 0 Å². The molecule has 30 heavy (non-hydrogen) atoms. The molecule has 4 aromatic rings. The summed E-state index contributed by atoms with van der Waals surface area (Å²) in [5.41, 5.74) is 4.38. The van der Waals surface area contributed by atoms with Crippen LogP contribution in [-0.4, -0.2) is 28.0 Å². The summed E-state index contributed by atoms with van der Waals surface area (Å²) >= 11 is 0. The predicted molar refractivity (Wildman–Crippen MR) is 112 cm³/mol. The molecule has 0 aliphatic rings. The zero-order chi connectivity index (χ0) is 21.3. The third kappa shape index (κ3) is 3.72. The molecule has 6 nitrogen and oxygen atoms in total. The van der Waals surface area contributed by atoms with Crippen molar-refractivity contribution < 1.29 is 23.8 Å². The lowest BCUT2D eigenvalue weighted by molar-refractivity contribution is -0.141. The van der Waals surface area contributed by atoms with Crippen LogP contribution >= 0.6 is 0 Å². The van der Waals surface area contributed by atoms with E-state index in [0.29, 0.717) is 16.7 Å². The Morgan fingerprint density at radius 1 is 1.07 bits per heavy atom. The number of aromatic hydroxyl groups is 1. The summed E-state index contributed by atoms with van der Waals surface area (Å²) in [4.78, 5) is 24.9. The number of furan rings is 1. The highest BCUT2D eigenvalue weighted by atomic mass is 16.5. The van der Waals surface area contributed by atoms with Gasteiger partial charge in [-0.1, -0.05) is 18.2 Å². The molecule has 2 heterocycles. The lowest BCUT2D eigenvalue weighted by Crippen LogP contribution is -2.16. The molecule has 0 amide bonds. The van der Waals surface area contributed by atoms with E-state index in [9.17, 15) is 14.7 Å². The molecule has 0 spiro atoms. The zero-order valence-corrected chi connectivity index (χ0v) is 16.7. The fourth-order valence-corrected chi connectivity index (χ4v) is 3.66. The van der Waals surface area contributed by atoms with Gasteiger partial charge < -0.3 is 18.8 Å². The van der Waals surface area contributed by atoms with Crippen LogP contribution in [0, 0.1) is 13.8 Å². The number of phenols is 1. The molecular weight excluding hydrogens is 382 g/mol. The number of aromatic nitrogens is 1. The summed E-state index contributed by atoms with van der Waals surface area (Å²) in [6.07, 6.45) is 1.44. The minimum absolute atomic E-state index is 0.0197. The second-order valence-electron chi connectivity index (χ2n) is 7.16. The Labute approximate surface area is 173 Å². The zero-order valence-electron chi connectivity index (χ0n) is 16.7. The molecule has 0 bridgehead atoms. The minimum atomic E-state index is -0.518. The number of hydrogen-bond acceptors (Lipinski definition) is 5. The van der Waals surface area contributed by atoms with Gasteiger partial charge in [-0.25, -0.2) is 0 Å². The van der Waals surface area contributed by atoms with Gasteiger partial charge in [0.1, 0.15) is 11.3 Å². The Hall–Kier alpha value is -3.80. The van der Waals surface area contributed by atoms with E-state index in [2.05, 4.69) is 0 Å². The van der Waals surface area contributed by atoms with Crippen molar-refractivity contribution in [1.82, 2.24) is 4.57 Å². The van der Waals surface area contributed by atoms with Gasteiger partial charge in [-0.05, 0) is 44.2 Å². The van der Waals surface area contributed by atoms with Gasteiger partial charge in [0.25, 0.3) is 0 Å². The molecule has 0 saturated heterocycles. The van der Waals surface area contributed by atoms with Crippen molar-refractivity contribution in [1.29, 1.82) is 0 Å². The minimum Gasteiger partial charge on any atom is -0.508 e. The Morgan fingerprint density at radius 3 is 2.60 bits per heavy atom. The number of ether oxygens (including phenoxy) is 1. The highest BCUT2D eigenvalue weighted by molar-refractivity contribution is 5.99. The van der Waals surface area contributed by atoms with Crippen LogP contribution in [0.15, 0.2) is 65.3 Å². The summed E-state index contributed by atoms with van der Waals surface area (Å²) < 4.78 is 12.6. The number of benzene rings is 2. The number of carbonyl (C=O) groups excluding carboxylic acids is 2. The van der Waals surface area contributed by atoms with Gasteiger partial charge in [0, 0.05) is 39.7 Å². The van der Waals surface area contributed by atoms with E-state index in [1.807, 2.05) is 54.8 Å². The van der Waals surface area contributed by atoms with Crippen molar-refractivity contribution >= 4 is 22.7 Å². The first kappa shape index (κ1) is 19.5. The van der Waals surface area contributed by atoms with Crippen molar-refractivity contribution in [2.75, 3.05) is 6.61 Å². The van der Waals surface area contributed by atoms with Crippen LogP contribution in [0.25, 0.3) is 16.7 Å². The molecule has 0 aliphatic heterocycles. The SMILES string of the molecule is Cc1cc(C(=O)COC(=O)Cc2coc3cc(O)ccc23)c(C)n1-c1ccccc1. The number of nitrogens with zero attached hydrogens (tertiary/aromatic N) is 1. The van der Waals surface area contributed by atoms with Gasteiger partial charge in [0.05, 0.1) is 12.7 Å². The van der Waals surface area contributed by atoms with E-state index in [-0.39, 0.29) is 24.6 Å². The third-order valence-electron chi connectivity index (χ3n) is 5.08. The maximum atomic E-state index is 12.7. The standard InChI is InChI=1S/C24H21NO5/c1-15-10-21(16(2)25(15)18-6-4-3-5-7-18)22(27)14-30-24(28)11-17-13-29-23-12-19(26)8-9-20(17)23/h3-10,12-13,26H,11,14H2,1-2H3. The second kappa shape index (κ2) is 7.91. The Balaban J connectivity index is 1.44. The number of ketones is 1. The van der Waals surface area contributed by atoms with E-state index in [4.69, 9.17) is 9.15 Å². The molecule has 0 aliphatic carbocycles. The quantitative estimate of drug-likeness (QED) is 0.378. The van der Waals surface area contributed by atoms with Crippen LogP contribution in [-0.2, 0) is 16.0 Å². The van der Waals surface area contributed by atoms with E-state index < -0.39 is 5.97 Å². The maximum Gasteiger partial charge on any atom is 0.310 e. The van der Waals surface area contributed by atoms with Crippen molar-refractivity contribution in [3.05, 3.63) is 83.4 Å². The van der Waals surface area contributed by atoms with E-state index in [1.165, 1.54) is 18.4 Å². The van der Waals surface area contributed by atoms with Crippen LogP contribution in [0.2, 0.25) is 0 Å². The van der Waals surface area contributed by atoms with Gasteiger partial charge in [0.2, 0.25) is 5.78 Å². The smallest absolute Gasteiger partial charge is 0.310 e. The van der Waals surface area contributed by atoms with Gasteiger partial charge in [-0.3, -0.25) is 9.59 Å². The first-order valence-corrected chi connectivity index (χ1v) is 9.56. The number of phenolic OH excluding ortho intramolecular Hbond substituents is 1. The van der Waals surface area contributed by atoms with Gasteiger partial charge >= 0.3 is 5.97 Å². The number of hydrogen-bond donors (Lipinski definition) is 1. The molecule has 4 rings (SSSR count). The lowest BCUT2D eigenvalue weighted by Gasteiger charge is -2.09. The molecule has 0 saturated carbocycles. The largest absolute Gasteiger partial charge is 0.508 e. The summed E-state index contributed by atoms with van der Waals surface area (Å²) in [5, 5.41) is 10.2. The number of aryl methyl sites for hydroxylation is 1. The summed E-state index contributed by atoms with van der Waals surface area (Å²) in [7, 11) is 0. The number of para-hydroxylation sites is 1. The Morgan fingerprint density at radius 2 is 1.83 bits per heavy atom. The Kier molecular flexibility index (Phi) is 5.14. The van der Waals surface area contributed by atoms with E-state index >= 15 is 0 Å². The number of fused-ring (bicyclic) bond motifs is 1. The first-order valence-electron chi connectivity index (χ1n) is 9.56. The normalized spacial score (nSPS) is 11.0. The molecular formula is C24H21NO5. The highest BCUT2D eigenvalue weighted by Crippen LogP contribution is 2.26. The molecule has 1 N–H and O–H groups in total. The van der Waals surface area contributed by atoms with Crippen molar-refractivity contribution in [3.63, 3.8) is 0 Å². The van der Waals surface area contributed by atoms with Crippen LogP contribution in [0.3, 0.4) is 0 Å². The topological polar surface area (TPSA) is 81.7 Å². The number of Topliss-reactive ketones (excluding diaryl/α,β-unsaturated/α-hetero) is 1. The van der Waals surface area contributed by atoms with Crippen LogP contribution in [0.1, 0.15) is 27.3 Å². The molecule has 0 fully saturated rings. The van der Waals surface area contributed by atoms with Crippen LogP contribution in [0.5, 0.6) is 5.75 Å². The highest BCUT2D eigenvalue weighted by Gasteiger charge is 2.19. The van der Waals surface area contributed by atoms with Crippen LogP contribution in [0.4, 0.5) is 0 Å². The fraction of sp³-hybridized carbons (Fsp3) is 0.167. The fourth-order valence-electron chi connectivity index (χ4n) is 3.66. The second-order valence-corrected chi connectivity index (χ2v) is 7.16. The van der Waals surface area contributed by atoms with Crippen molar-refractivity contribution in [3.8, 4) is 11.4 Å². The van der Waals surface area contributed by atoms with Gasteiger partial charge in [-0.2, -0.15) is 0 Å². The molecule has 0 unspecified atom stereocenters. The molecule has 0 atom stereocenters. The average molecular weight is 403 g/mol. The third-order valence-corrected chi connectivity index (χ3v) is 5.08. The summed E-state index contributed by atoms with van der Waals surface area (Å²) in [5.74, 6) is -0.679. The maximum absolute atomic E-state index is 12.7. The van der Waals surface area contributed by atoms with Gasteiger partial charge in [0.15, 0.2) is 6.61 Å². The lowest BCUT2D eigenvalue weighted by atomic mass is 10.1. The van der Waals surface area contributed by atoms with E-state index in [0.717, 1.165) is 22.5 Å². The number of rotatable bonds is 6. The number of carbonyl (C=O) groups is 2. The molecule has 152 valence electrons. The number of esters is 1. The monoisotopic (exact) mass is 403 g/mol. The Bertz CT molecular complexity index is 1230. The van der Waals surface area contributed by atoms with E-state index in [1.54, 1.807) is 6.07 Å². The molecule has 2 aromatic carbocycles.